The van der Waals surface area contributed by atoms with Crippen molar-refractivity contribution in [2.24, 2.45) is 5.92 Å². The van der Waals surface area contributed by atoms with E-state index in [2.05, 4.69) is 10.4 Å². The highest BCUT2D eigenvalue weighted by Crippen LogP contribution is 2.02. The number of amides is 1. The summed E-state index contributed by atoms with van der Waals surface area (Å²) in [5.41, 5.74) is 0.0634. The molecule has 2 N–H and O–H groups in total. The lowest BCUT2D eigenvalue weighted by molar-refractivity contribution is 0.0944. The molecule has 0 spiro atoms. The maximum absolute atomic E-state index is 11.9. The molecule has 1 unspecified atom stereocenters. The van der Waals surface area contributed by atoms with Crippen molar-refractivity contribution >= 4 is 5.91 Å². The van der Waals surface area contributed by atoms with E-state index in [9.17, 15) is 9.59 Å². The lowest BCUT2D eigenvalue weighted by Gasteiger charge is -2.09. The van der Waals surface area contributed by atoms with Gasteiger partial charge in [0.1, 0.15) is 5.69 Å². The normalized spacial score (nSPS) is 12.2. The van der Waals surface area contributed by atoms with E-state index in [1.54, 1.807) is 0 Å². The number of hydrogen-bond acceptors (Lipinski definition) is 4. The Morgan fingerprint density at radius 2 is 2.25 bits per heavy atom. The number of aryl methyl sites for hydroxylation is 1. The van der Waals surface area contributed by atoms with Crippen LogP contribution < -0.4 is 10.9 Å². The minimum absolute atomic E-state index is 0.164. The Morgan fingerprint density at radius 1 is 1.50 bits per heavy atom. The lowest BCUT2D eigenvalue weighted by atomic mass is 10.1. The van der Waals surface area contributed by atoms with Crippen molar-refractivity contribution in [1.82, 2.24) is 15.1 Å². The summed E-state index contributed by atoms with van der Waals surface area (Å²) in [7, 11) is 0. The van der Waals surface area contributed by atoms with E-state index < -0.39 is 0 Å². The van der Waals surface area contributed by atoms with Crippen molar-refractivity contribution in [3.05, 3.63) is 28.2 Å². The second-order valence-electron chi connectivity index (χ2n) is 4.97. The number of carbonyl (C=O) groups is 1. The quantitative estimate of drug-likeness (QED) is 0.690. The van der Waals surface area contributed by atoms with Gasteiger partial charge >= 0.3 is 0 Å². The van der Waals surface area contributed by atoms with E-state index >= 15 is 0 Å². The summed E-state index contributed by atoms with van der Waals surface area (Å²) >= 11 is 0. The number of aliphatic hydroxyl groups excluding tert-OH is 1. The van der Waals surface area contributed by atoms with Crippen LogP contribution >= 0.6 is 0 Å². The Hall–Kier alpha value is -1.69. The molecular weight excluding hydrogens is 258 g/mol. The minimum atomic E-state index is -0.272. The second-order valence-corrected chi connectivity index (χ2v) is 4.97. The number of nitrogens with one attached hydrogen (secondary N) is 1. The number of hydrogen-bond donors (Lipinski definition) is 2. The fourth-order valence-corrected chi connectivity index (χ4v) is 1.78. The van der Waals surface area contributed by atoms with Gasteiger partial charge in [-0.1, -0.05) is 13.8 Å². The fraction of sp³-hybridized carbons (Fsp3) is 0.643. The molecule has 1 atom stereocenters. The Morgan fingerprint density at radius 3 is 2.90 bits per heavy atom. The first-order valence-electron chi connectivity index (χ1n) is 7.05. The average molecular weight is 281 g/mol. The van der Waals surface area contributed by atoms with Crippen molar-refractivity contribution in [2.75, 3.05) is 13.2 Å². The first kappa shape index (κ1) is 16.4. The van der Waals surface area contributed by atoms with Crippen LogP contribution in [-0.2, 0) is 6.54 Å². The predicted octanol–water partition coefficient (Wildman–Crippen LogP) is 0.792. The van der Waals surface area contributed by atoms with E-state index in [0.29, 0.717) is 13.1 Å². The highest BCUT2D eigenvalue weighted by Gasteiger charge is 2.09. The van der Waals surface area contributed by atoms with Crippen LogP contribution in [0.4, 0.5) is 0 Å². The summed E-state index contributed by atoms with van der Waals surface area (Å²) in [4.78, 5) is 23.4. The van der Waals surface area contributed by atoms with E-state index in [4.69, 9.17) is 5.11 Å². The highest BCUT2D eigenvalue weighted by molar-refractivity contribution is 5.91. The highest BCUT2D eigenvalue weighted by atomic mass is 16.3. The monoisotopic (exact) mass is 281 g/mol. The predicted molar refractivity (Wildman–Crippen MR) is 76.6 cm³/mol. The van der Waals surface area contributed by atoms with Crippen LogP contribution in [0.3, 0.4) is 0 Å². The third-order valence-electron chi connectivity index (χ3n) is 3.01. The smallest absolute Gasteiger partial charge is 0.271 e. The summed E-state index contributed by atoms with van der Waals surface area (Å²) in [6, 6.07) is 2.81. The molecule has 0 aliphatic rings. The molecule has 0 saturated carbocycles. The van der Waals surface area contributed by atoms with E-state index in [1.165, 1.54) is 16.8 Å². The average Bonchev–Trinajstić information content (AvgIpc) is 2.45. The molecule has 0 bridgehead atoms. The fourth-order valence-electron chi connectivity index (χ4n) is 1.78. The summed E-state index contributed by atoms with van der Waals surface area (Å²) in [6.07, 6.45) is 2.46. The molecule has 20 heavy (non-hydrogen) atoms. The molecule has 0 aromatic carbocycles. The molecule has 0 aliphatic carbocycles. The van der Waals surface area contributed by atoms with Crippen LogP contribution in [0.5, 0.6) is 0 Å². The maximum atomic E-state index is 11.9. The van der Waals surface area contributed by atoms with Crippen LogP contribution in [0, 0.1) is 5.92 Å². The largest absolute Gasteiger partial charge is 0.396 e. The van der Waals surface area contributed by atoms with Crippen molar-refractivity contribution < 1.29 is 9.90 Å². The van der Waals surface area contributed by atoms with Gasteiger partial charge in [-0.2, -0.15) is 5.10 Å². The Kier molecular flexibility index (Phi) is 6.93. The van der Waals surface area contributed by atoms with Crippen LogP contribution in [0.1, 0.15) is 43.6 Å². The van der Waals surface area contributed by atoms with Gasteiger partial charge in [0, 0.05) is 25.8 Å². The van der Waals surface area contributed by atoms with Crippen molar-refractivity contribution in [2.45, 2.75) is 39.7 Å². The topological polar surface area (TPSA) is 84.2 Å². The van der Waals surface area contributed by atoms with Gasteiger partial charge in [0.05, 0.1) is 0 Å². The summed E-state index contributed by atoms with van der Waals surface area (Å²) in [6.45, 7) is 5.12. The van der Waals surface area contributed by atoms with Crippen LogP contribution in [-0.4, -0.2) is 33.9 Å². The summed E-state index contributed by atoms with van der Waals surface area (Å²) in [5, 5.41) is 15.7. The molecular formula is C14H23N3O3. The van der Waals surface area contributed by atoms with Gasteiger partial charge in [-0.05, 0) is 31.2 Å². The Labute approximate surface area is 118 Å². The van der Waals surface area contributed by atoms with Crippen LogP contribution in [0.15, 0.2) is 16.9 Å². The molecule has 0 radical (unpaired) electrons. The lowest BCUT2D eigenvalue weighted by Crippen LogP contribution is -2.30. The Balaban J connectivity index is 2.51. The summed E-state index contributed by atoms with van der Waals surface area (Å²) in [5.74, 6) is -0.0250. The molecule has 1 rings (SSSR count). The van der Waals surface area contributed by atoms with Crippen LogP contribution in [0.25, 0.3) is 0 Å². The number of carbonyl (C=O) groups excluding carboxylic acids is 1. The number of rotatable bonds is 8. The molecule has 6 heteroatoms. The van der Waals surface area contributed by atoms with E-state index in [0.717, 1.165) is 19.3 Å². The number of aromatic nitrogens is 2. The van der Waals surface area contributed by atoms with Gasteiger partial charge in [-0.25, -0.2) is 4.68 Å². The maximum Gasteiger partial charge on any atom is 0.271 e. The molecule has 1 amide bonds. The molecule has 112 valence electrons. The number of aliphatic hydroxyl groups is 1. The minimum Gasteiger partial charge on any atom is -0.396 e. The molecule has 0 aliphatic heterocycles. The van der Waals surface area contributed by atoms with Crippen molar-refractivity contribution in [3.8, 4) is 0 Å². The zero-order chi connectivity index (χ0) is 15.0. The Bertz CT molecular complexity index is 485. The SMILES string of the molecule is CCCn1nc(C(=O)NCCCC(C)CO)ccc1=O. The molecule has 1 aromatic heterocycles. The third kappa shape index (κ3) is 5.13. The van der Waals surface area contributed by atoms with E-state index in [1.807, 2.05) is 13.8 Å². The van der Waals surface area contributed by atoms with E-state index in [-0.39, 0.29) is 29.7 Å². The van der Waals surface area contributed by atoms with Gasteiger partial charge in [0.2, 0.25) is 0 Å². The molecule has 0 fully saturated rings. The van der Waals surface area contributed by atoms with Crippen molar-refractivity contribution in [3.63, 3.8) is 0 Å². The van der Waals surface area contributed by atoms with Gasteiger partial charge in [0.25, 0.3) is 11.5 Å². The molecule has 1 aromatic rings. The van der Waals surface area contributed by atoms with Gasteiger partial charge < -0.3 is 10.4 Å². The standard InChI is InChI=1S/C14H23N3O3/c1-3-9-17-13(19)7-6-12(16-17)14(20)15-8-4-5-11(2)10-18/h6-7,11,18H,3-5,8-10H2,1-2H3,(H,15,20). The van der Waals surface area contributed by atoms with Crippen LogP contribution in [0.2, 0.25) is 0 Å². The summed E-state index contributed by atoms with van der Waals surface area (Å²) < 4.78 is 1.31. The molecule has 6 nitrogen and oxygen atoms in total. The molecule has 0 saturated heterocycles. The second kappa shape index (κ2) is 8.47. The zero-order valence-corrected chi connectivity index (χ0v) is 12.1. The van der Waals surface area contributed by atoms with Crippen molar-refractivity contribution in [1.29, 1.82) is 0 Å². The zero-order valence-electron chi connectivity index (χ0n) is 12.1. The first-order valence-corrected chi connectivity index (χ1v) is 7.05. The third-order valence-corrected chi connectivity index (χ3v) is 3.01. The van der Waals surface area contributed by atoms with Gasteiger partial charge in [-0.3, -0.25) is 9.59 Å². The number of nitrogens with zero attached hydrogens (tertiary/aromatic N) is 2. The molecule has 1 heterocycles. The van der Waals surface area contributed by atoms with Gasteiger partial charge in [-0.15, -0.1) is 0 Å². The van der Waals surface area contributed by atoms with Gasteiger partial charge in [0.15, 0.2) is 0 Å². The first-order chi connectivity index (χ1) is 9.58.